The third-order valence-electron chi connectivity index (χ3n) is 3.95. The lowest BCUT2D eigenvalue weighted by molar-refractivity contribution is -0.142. The second-order valence-electron chi connectivity index (χ2n) is 6.03. The van der Waals surface area contributed by atoms with Gasteiger partial charge in [0.2, 0.25) is 0 Å². The molecule has 2 N–H and O–H groups in total. The van der Waals surface area contributed by atoms with Crippen LogP contribution in [-0.2, 0) is 16.0 Å². The van der Waals surface area contributed by atoms with Crippen LogP contribution in [0.15, 0.2) is 63.8 Å². The zero-order valence-corrected chi connectivity index (χ0v) is 15.3. The number of rotatable bonds is 7. The standard InChI is InChI=1S/C20H16ClNO6/c21-14-5-1-12(2-6-14)9-16(20(25)26)22-18(23)11-27-15-7-3-13-4-8-19(24)28-17(13)10-15/h1-8,10,16H,9,11H2,(H,22,23)(H,25,26)/t16-/m1/s1. The van der Waals surface area contributed by atoms with Crippen LogP contribution in [0.4, 0.5) is 0 Å². The molecule has 28 heavy (non-hydrogen) atoms. The van der Waals surface area contributed by atoms with Gasteiger partial charge in [-0.25, -0.2) is 9.59 Å². The van der Waals surface area contributed by atoms with Crippen LogP contribution in [0.2, 0.25) is 5.02 Å². The molecule has 0 spiro atoms. The molecule has 0 unspecified atom stereocenters. The number of carboxylic acid groups (broad SMARTS) is 1. The number of carboxylic acids is 1. The van der Waals surface area contributed by atoms with Crippen LogP contribution < -0.4 is 15.7 Å². The monoisotopic (exact) mass is 401 g/mol. The highest BCUT2D eigenvalue weighted by Crippen LogP contribution is 2.19. The van der Waals surface area contributed by atoms with Crippen molar-refractivity contribution >= 4 is 34.4 Å². The van der Waals surface area contributed by atoms with Crippen molar-refractivity contribution in [2.75, 3.05) is 6.61 Å². The van der Waals surface area contributed by atoms with E-state index >= 15 is 0 Å². The van der Waals surface area contributed by atoms with E-state index in [1.807, 2.05) is 0 Å². The first kappa shape index (κ1) is 19.4. The molecule has 7 nitrogen and oxygen atoms in total. The summed E-state index contributed by atoms with van der Waals surface area (Å²) in [6.45, 7) is -0.382. The summed E-state index contributed by atoms with van der Waals surface area (Å²) in [7, 11) is 0. The smallest absolute Gasteiger partial charge is 0.336 e. The molecule has 144 valence electrons. The molecular formula is C20H16ClNO6. The summed E-state index contributed by atoms with van der Waals surface area (Å²) in [5, 5.41) is 13.0. The Morgan fingerprint density at radius 1 is 1.11 bits per heavy atom. The summed E-state index contributed by atoms with van der Waals surface area (Å²) in [5.74, 6) is -1.42. The lowest BCUT2D eigenvalue weighted by Crippen LogP contribution is -2.44. The molecule has 3 rings (SSSR count). The Morgan fingerprint density at radius 3 is 2.54 bits per heavy atom. The van der Waals surface area contributed by atoms with Gasteiger partial charge in [0.1, 0.15) is 17.4 Å². The predicted octanol–water partition coefficient (Wildman–Crippen LogP) is 2.64. The molecule has 0 aliphatic rings. The lowest BCUT2D eigenvalue weighted by Gasteiger charge is -2.15. The number of benzene rings is 2. The fourth-order valence-corrected chi connectivity index (χ4v) is 2.70. The maximum atomic E-state index is 12.1. The zero-order chi connectivity index (χ0) is 20.1. The van der Waals surface area contributed by atoms with E-state index in [9.17, 15) is 19.5 Å². The van der Waals surface area contributed by atoms with Crippen molar-refractivity contribution in [3.8, 4) is 5.75 Å². The minimum atomic E-state index is -1.16. The predicted molar refractivity (Wildman–Crippen MR) is 103 cm³/mol. The van der Waals surface area contributed by atoms with Crippen LogP contribution in [0.3, 0.4) is 0 Å². The lowest BCUT2D eigenvalue weighted by atomic mass is 10.1. The highest BCUT2D eigenvalue weighted by atomic mass is 35.5. The first-order chi connectivity index (χ1) is 13.4. The average Bonchev–Trinajstić information content (AvgIpc) is 2.67. The van der Waals surface area contributed by atoms with Gasteiger partial charge in [-0.15, -0.1) is 0 Å². The van der Waals surface area contributed by atoms with Crippen molar-refractivity contribution in [3.05, 3.63) is 75.6 Å². The molecule has 1 amide bonds. The van der Waals surface area contributed by atoms with Gasteiger partial charge in [0.05, 0.1) is 0 Å². The number of carbonyl (C=O) groups excluding carboxylic acids is 1. The third kappa shape index (κ3) is 5.11. The number of halogens is 1. The van der Waals surface area contributed by atoms with Crippen LogP contribution in [0.1, 0.15) is 5.56 Å². The van der Waals surface area contributed by atoms with E-state index in [1.54, 1.807) is 42.5 Å². The number of nitrogens with one attached hydrogen (secondary N) is 1. The van der Waals surface area contributed by atoms with Crippen LogP contribution in [0, 0.1) is 0 Å². The molecule has 1 heterocycles. The second kappa shape index (κ2) is 8.58. The minimum absolute atomic E-state index is 0.110. The molecule has 2 aromatic carbocycles. The number of aliphatic carboxylic acids is 1. The number of fused-ring (bicyclic) bond motifs is 1. The topological polar surface area (TPSA) is 106 Å². The normalized spacial score (nSPS) is 11.8. The molecule has 1 atom stereocenters. The number of ether oxygens (including phenoxy) is 1. The van der Waals surface area contributed by atoms with Crippen molar-refractivity contribution < 1.29 is 23.8 Å². The van der Waals surface area contributed by atoms with Crippen LogP contribution in [-0.4, -0.2) is 29.6 Å². The largest absolute Gasteiger partial charge is 0.484 e. The molecule has 1 aromatic heterocycles. The number of hydrogen-bond acceptors (Lipinski definition) is 5. The number of hydrogen-bond donors (Lipinski definition) is 2. The molecule has 0 saturated heterocycles. The third-order valence-corrected chi connectivity index (χ3v) is 4.20. The van der Waals surface area contributed by atoms with Crippen molar-refractivity contribution in [2.24, 2.45) is 0 Å². The average molecular weight is 402 g/mol. The van der Waals surface area contributed by atoms with Crippen LogP contribution in [0.25, 0.3) is 11.0 Å². The van der Waals surface area contributed by atoms with Crippen molar-refractivity contribution in [1.29, 1.82) is 0 Å². The van der Waals surface area contributed by atoms with Crippen molar-refractivity contribution in [3.63, 3.8) is 0 Å². The van der Waals surface area contributed by atoms with E-state index in [0.717, 1.165) is 5.56 Å². The summed E-state index contributed by atoms with van der Waals surface area (Å²) in [6, 6.07) is 13.3. The van der Waals surface area contributed by atoms with Crippen LogP contribution >= 0.6 is 11.6 Å². The van der Waals surface area contributed by atoms with E-state index < -0.39 is 23.5 Å². The summed E-state index contributed by atoms with van der Waals surface area (Å²) >= 11 is 5.81. The van der Waals surface area contributed by atoms with Gasteiger partial charge in [-0.3, -0.25) is 4.79 Å². The van der Waals surface area contributed by atoms with Gasteiger partial charge in [-0.05, 0) is 35.9 Å². The molecular weight excluding hydrogens is 386 g/mol. The summed E-state index contributed by atoms with van der Waals surface area (Å²) in [4.78, 5) is 34.8. The van der Waals surface area contributed by atoms with Gasteiger partial charge < -0.3 is 19.6 Å². The fourth-order valence-electron chi connectivity index (χ4n) is 2.57. The van der Waals surface area contributed by atoms with Crippen LogP contribution in [0.5, 0.6) is 5.75 Å². The molecule has 3 aromatic rings. The maximum absolute atomic E-state index is 12.1. The highest BCUT2D eigenvalue weighted by molar-refractivity contribution is 6.30. The molecule has 0 saturated carbocycles. The van der Waals surface area contributed by atoms with Gasteiger partial charge in [-0.1, -0.05) is 23.7 Å². The molecule has 0 fully saturated rings. The highest BCUT2D eigenvalue weighted by Gasteiger charge is 2.20. The maximum Gasteiger partial charge on any atom is 0.336 e. The Balaban J connectivity index is 1.60. The Labute approximate surface area is 164 Å². The fraction of sp³-hybridized carbons (Fsp3) is 0.150. The number of amides is 1. The van der Waals surface area contributed by atoms with E-state index in [1.165, 1.54) is 12.1 Å². The summed E-state index contributed by atoms with van der Waals surface area (Å²) < 4.78 is 10.4. The Bertz CT molecular complexity index is 1060. The molecule has 0 bridgehead atoms. The van der Waals surface area contributed by atoms with Gasteiger partial charge in [0.15, 0.2) is 6.61 Å². The number of carbonyl (C=O) groups is 2. The minimum Gasteiger partial charge on any atom is -0.484 e. The molecule has 0 aliphatic heterocycles. The van der Waals surface area contributed by atoms with E-state index in [0.29, 0.717) is 21.7 Å². The van der Waals surface area contributed by atoms with Crippen molar-refractivity contribution in [2.45, 2.75) is 12.5 Å². The van der Waals surface area contributed by atoms with Gasteiger partial charge in [0, 0.05) is 29.0 Å². The zero-order valence-electron chi connectivity index (χ0n) is 14.6. The van der Waals surface area contributed by atoms with Gasteiger partial charge >= 0.3 is 11.6 Å². The van der Waals surface area contributed by atoms with E-state index in [2.05, 4.69) is 5.32 Å². The molecule has 0 radical (unpaired) electrons. The van der Waals surface area contributed by atoms with E-state index in [4.69, 9.17) is 20.8 Å². The molecule has 0 aliphatic carbocycles. The summed E-state index contributed by atoms with van der Waals surface area (Å²) in [5.41, 5.74) is 0.563. The first-order valence-electron chi connectivity index (χ1n) is 8.34. The van der Waals surface area contributed by atoms with E-state index in [-0.39, 0.29) is 13.0 Å². The Hall–Kier alpha value is -3.32. The second-order valence-corrected chi connectivity index (χ2v) is 6.47. The Kier molecular flexibility index (Phi) is 5.96. The van der Waals surface area contributed by atoms with Gasteiger partial charge in [0.25, 0.3) is 5.91 Å². The van der Waals surface area contributed by atoms with Crippen molar-refractivity contribution in [1.82, 2.24) is 5.32 Å². The first-order valence-corrected chi connectivity index (χ1v) is 8.72. The molecule has 8 heteroatoms. The quantitative estimate of drug-likeness (QED) is 0.589. The van der Waals surface area contributed by atoms with Gasteiger partial charge in [-0.2, -0.15) is 0 Å². The summed E-state index contributed by atoms with van der Waals surface area (Å²) in [6.07, 6.45) is 0.110. The Morgan fingerprint density at radius 2 is 1.82 bits per heavy atom. The SMILES string of the molecule is O=C(COc1ccc2ccc(=O)oc2c1)N[C@H](Cc1ccc(Cl)cc1)C(=O)O.